The van der Waals surface area contributed by atoms with Crippen molar-refractivity contribution in [1.29, 1.82) is 0 Å². The summed E-state index contributed by atoms with van der Waals surface area (Å²) in [6, 6.07) is 16.1. The van der Waals surface area contributed by atoms with Crippen molar-refractivity contribution in [1.82, 2.24) is 30.5 Å². The molecule has 6 atom stereocenters. The molecule has 0 unspecified atom stereocenters. The molecule has 3 aromatic carbocycles. The van der Waals surface area contributed by atoms with Crippen LogP contribution in [0.5, 0.6) is 5.75 Å². The van der Waals surface area contributed by atoms with Crippen molar-refractivity contribution in [2.45, 2.75) is 142 Å². The summed E-state index contributed by atoms with van der Waals surface area (Å²) in [4.78, 5) is 124. The summed E-state index contributed by atoms with van der Waals surface area (Å²) in [5.41, 5.74) is 16.9. The van der Waals surface area contributed by atoms with Gasteiger partial charge in [-0.1, -0.05) is 43.7 Å². The quantitative estimate of drug-likeness (QED) is 0.0177. The van der Waals surface area contributed by atoms with Crippen molar-refractivity contribution in [2.24, 2.45) is 5.73 Å². The van der Waals surface area contributed by atoms with Crippen LogP contribution in [0.2, 0.25) is 0 Å². The molecule has 119 heavy (non-hydrogen) atoms. The van der Waals surface area contributed by atoms with Crippen LogP contribution in [0.25, 0.3) is 21.9 Å². The molecule has 1 saturated heterocycles. The number of amides is 4. The SMILES string of the molecule is CCCCc1nc2c(N)nc3cc(C(=O)OC)ccc3c2n1Cc1ccc(CNC(=O)OCc2ccc(O[C@H]3O[C@H](COC(C)=O)[C@@H](OC(C)=O)[C@H](OC(C)=O)[C@@H]3OC(C)=O)c(NC(=O)CCNC(=O)[C@@H](N)CCCCNC(=O)CCOCCOCCOCCOCCOCCOCCOCCOCCOCCOCCOCCOC)c2)cc1. The summed E-state index contributed by atoms with van der Waals surface area (Å²) in [6.45, 7) is 16.2. The zero-order valence-electron chi connectivity index (χ0n) is 69.2. The average molecular weight is 1680 g/mol. The summed E-state index contributed by atoms with van der Waals surface area (Å²) in [6.07, 6.45) is -4.96. The lowest BCUT2D eigenvalue weighted by molar-refractivity contribution is -0.288. The summed E-state index contributed by atoms with van der Waals surface area (Å²) in [5, 5.41) is 11.8. The fourth-order valence-electron chi connectivity index (χ4n) is 11.7. The van der Waals surface area contributed by atoms with E-state index in [2.05, 4.69) is 37.7 Å². The van der Waals surface area contributed by atoms with Crippen LogP contribution in [0, 0.1) is 0 Å². The van der Waals surface area contributed by atoms with Gasteiger partial charge < -0.3 is 132 Å². The van der Waals surface area contributed by atoms with E-state index in [0.717, 1.165) is 68.4 Å². The first-order valence-electron chi connectivity index (χ1n) is 39.9. The normalized spacial score (nSPS) is 15.4. The van der Waals surface area contributed by atoms with Crippen molar-refractivity contribution >= 4 is 87.1 Å². The van der Waals surface area contributed by atoms with Crippen molar-refractivity contribution < 1.29 is 138 Å². The van der Waals surface area contributed by atoms with E-state index in [1.807, 2.05) is 30.3 Å². The highest BCUT2D eigenvalue weighted by Gasteiger charge is 2.53. The molecule has 2 aromatic heterocycles. The van der Waals surface area contributed by atoms with Crippen LogP contribution in [0.3, 0.4) is 0 Å². The van der Waals surface area contributed by atoms with Crippen LogP contribution >= 0.6 is 0 Å². The lowest BCUT2D eigenvalue weighted by atomic mass is 9.98. The molecule has 4 amide bonds. The van der Waals surface area contributed by atoms with E-state index < -0.39 is 91.1 Å². The molecule has 38 heteroatoms. The Morgan fingerprint density at radius 2 is 1.06 bits per heavy atom. The van der Waals surface area contributed by atoms with Crippen LogP contribution in [0.15, 0.2) is 60.7 Å². The highest BCUT2D eigenvalue weighted by atomic mass is 16.7. The summed E-state index contributed by atoms with van der Waals surface area (Å²) < 4.78 is 112. The standard InChI is InChI=1S/C81H119N9O29/c1-8-9-13-69-89-72-73(63-20-19-62(79(98)101-7)50-65(63)88-77(72)83)90(69)52-60-16-14-59(15-17-60)51-86-81(99)114-53-61-18-21-67(118-80-76(117-58(5)94)75(116-57(4)93)74(115-56(3)92)68(119-80)54-113-55(2)91)66(49-61)87-71(96)22-25-85-78(97)64(82)12-10-11-24-84-70(95)23-26-102-29-30-104-33-34-106-37-38-108-41-42-110-45-46-112-48-47-111-44-43-109-40-39-107-36-35-105-32-31-103-28-27-100-6/h14-21,49-50,64,68,74-76,80H,8-13,22-48,51-54,82H2,1-7H3,(H2,83,88)(H,84,95)(H,85,97)(H,86,99)(H,87,96)/t64-,68+,74+,75-,76-,80-/m0/s1. The number of carbonyl (C=O) groups is 9. The van der Waals surface area contributed by atoms with Crippen LogP contribution < -0.4 is 37.5 Å². The van der Waals surface area contributed by atoms with E-state index in [-0.39, 0.29) is 68.7 Å². The maximum atomic E-state index is 13.8. The molecular weight excluding hydrogens is 1560 g/mol. The number of nitrogens with zero attached hydrogens (tertiary/aromatic N) is 3. The Balaban J connectivity index is 0.874. The Morgan fingerprint density at radius 1 is 0.529 bits per heavy atom. The smallest absolute Gasteiger partial charge is 0.407 e. The third kappa shape index (κ3) is 38.7. The molecule has 3 heterocycles. The number of imidazole rings is 1. The largest absolute Gasteiger partial charge is 0.465 e. The van der Waals surface area contributed by atoms with Crippen molar-refractivity contribution in [3.63, 3.8) is 0 Å². The molecule has 0 spiro atoms. The Labute approximate surface area is 692 Å². The molecule has 1 aliphatic rings. The number of pyridine rings is 1. The first-order chi connectivity index (χ1) is 57.7. The van der Waals surface area contributed by atoms with Gasteiger partial charge in [-0.15, -0.1) is 0 Å². The summed E-state index contributed by atoms with van der Waals surface area (Å²) >= 11 is 0. The Morgan fingerprint density at radius 3 is 1.60 bits per heavy atom. The van der Waals surface area contributed by atoms with Gasteiger partial charge in [-0.3, -0.25) is 33.6 Å². The fourth-order valence-corrected chi connectivity index (χ4v) is 11.7. The molecule has 0 radical (unpaired) electrons. The number of nitrogens with two attached hydrogens (primary N) is 2. The third-order valence-electron chi connectivity index (χ3n) is 17.5. The van der Waals surface area contributed by atoms with E-state index in [1.165, 1.54) is 25.3 Å². The number of esters is 5. The van der Waals surface area contributed by atoms with Gasteiger partial charge in [-0.2, -0.15) is 0 Å². The minimum Gasteiger partial charge on any atom is -0.465 e. The van der Waals surface area contributed by atoms with Gasteiger partial charge in [0.1, 0.15) is 36.4 Å². The number of methoxy groups -OCH3 is 2. The number of fused-ring (bicyclic) bond motifs is 3. The predicted molar refractivity (Wildman–Crippen MR) is 428 cm³/mol. The van der Waals surface area contributed by atoms with E-state index in [1.54, 1.807) is 19.2 Å². The maximum absolute atomic E-state index is 13.8. The fraction of sp³-hybridized carbons (Fsp3) is 0.617. The number of alkyl carbamates (subject to hydrolysis) is 1. The molecule has 0 saturated carbocycles. The molecule has 0 aliphatic carbocycles. The number of unbranched alkanes of at least 4 members (excludes halogenated alkanes) is 2. The zero-order chi connectivity index (χ0) is 85.8. The molecular formula is C81H119N9O29. The van der Waals surface area contributed by atoms with Crippen molar-refractivity contribution in [3.8, 4) is 5.75 Å². The molecule has 6 rings (SSSR count). The number of carbonyl (C=O) groups excluding carboxylic acids is 9. The molecule has 8 N–H and O–H groups in total. The molecule has 662 valence electrons. The number of nitrogens with one attached hydrogen (secondary N) is 4. The van der Waals surface area contributed by atoms with Gasteiger partial charge in [-0.05, 0) is 72.7 Å². The van der Waals surface area contributed by atoms with Crippen LogP contribution in [-0.2, 0) is 150 Å². The van der Waals surface area contributed by atoms with Gasteiger partial charge in [0, 0.05) is 85.6 Å². The van der Waals surface area contributed by atoms with Crippen molar-refractivity contribution in [2.75, 3.05) is 197 Å². The Kier molecular flexibility index (Phi) is 47.7. The van der Waals surface area contributed by atoms with Gasteiger partial charge in [0.15, 0.2) is 18.0 Å². The minimum atomic E-state index is -1.71. The predicted octanol–water partition coefficient (Wildman–Crippen LogP) is 4.51. The molecule has 1 fully saturated rings. The number of benzene rings is 3. The van der Waals surface area contributed by atoms with Gasteiger partial charge in [0.2, 0.25) is 30.1 Å². The van der Waals surface area contributed by atoms with Gasteiger partial charge in [-0.25, -0.2) is 19.6 Å². The van der Waals surface area contributed by atoms with Gasteiger partial charge >= 0.3 is 35.9 Å². The average Bonchev–Trinajstić information content (AvgIpc) is 1.59. The molecule has 0 bridgehead atoms. The molecule has 5 aromatic rings. The number of nitrogen functional groups attached to an aromatic ring is 1. The van der Waals surface area contributed by atoms with Crippen LogP contribution in [-0.4, -0.2) is 291 Å². The number of hydrogen-bond acceptors (Lipinski definition) is 33. The number of ether oxygens (including phenoxy) is 20. The Bertz CT molecular complexity index is 3870. The van der Waals surface area contributed by atoms with Crippen molar-refractivity contribution in [3.05, 3.63) is 88.7 Å². The van der Waals surface area contributed by atoms with Gasteiger partial charge in [0.05, 0.1) is 187 Å². The topological polar surface area (TPSA) is 469 Å². The second kappa shape index (κ2) is 57.7. The number of hydrogen-bond donors (Lipinski definition) is 6. The second-order valence-corrected chi connectivity index (χ2v) is 26.9. The first-order valence-corrected chi connectivity index (χ1v) is 39.9. The lowest BCUT2D eigenvalue weighted by Crippen LogP contribution is -2.63. The molecule has 38 nitrogen and oxygen atoms in total. The highest BCUT2D eigenvalue weighted by Crippen LogP contribution is 2.36. The maximum Gasteiger partial charge on any atom is 0.407 e. The number of rotatable bonds is 63. The van der Waals surface area contributed by atoms with Crippen LogP contribution in [0.1, 0.15) is 112 Å². The Hall–Kier alpha value is -9.39. The number of aryl methyl sites for hydroxylation is 1. The van der Waals surface area contributed by atoms with E-state index in [9.17, 15) is 43.2 Å². The van der Waals surface area contributed by atoms with E-state index >= 15 is 0 Å². The first kappa shape index (κ1) is 98.4. The third-order valence-corrected chi connectivity index (χ3v) is 17.5. The van der Waals surface area contributed by atoms with Gasteiger partial charge in [0.25, 0.3) is 0 Å². The second-order valence-electron chi connectivity index (χ2n) is 26.9. The molecule has 1 aliphatic heterocycles. The number of aromatic nitrogens is 3. The zero-order valence-corrected chi connectivity index (χ0v) is 69.2. The van der Waals surface area contributed by atoms with E-state index in [4.69, 9.17) is 111 Å². The van der Waals surface area contributed by atoms with Crippen LogP contribution in [0.4, 0.5) is 16.3 Å². The minimum absolute atomic E-state index is 0.0400. The highest BCUT2D eigenvalue weighted by molar-refractivity contribution is 6.08. The summed E-state index contributed by atoms with van der Waals surface area (Å²) in [7, 11) is 2.94. The lowest BCUT2D eigenvalue weighted by Gasteiger charge is -2.44. The summed E-state index contributed by atoms with van der Waals surface area (Å²) in [5.74, 6) is -4.31. The van der Waals surface area contributed by atoms with E-state index in [0.29, 0.717) is 200 Å². The monoisotopic (exact) mass is 1680 g/mol. The number of anilines is 2.